The Bertz CT molecular complexity index is 1480. The number of carbonyl (C=O) groups excluding carboxylic acids is 1. The monoisotopic (exact) mass is 481 g/mol. The van der Waals surface area contributed by atoms with E-state index in [2.05, 4.69) is 0 Å². The van der Waals surface area contributed by atoms with Gasteiger partial charge in [0.1, 0.15) is 31.0 Å². The number of benzene rings is 3. The highest BCUT2D eigenvalue weighted by atomic mass is 32.2. The predicted octanol–water partition coefficient (Wildman–Crippen LogP) is 2.76. The summed E-state index contributed by atoms with van der Waals surface area (Å²) < 4.78 is 39.5. The molecule has 0 amide bonds. The van der Waals surface area contributed by atoms with E-state index in [1.807, 2.05) is 12.1 Å². The van der Waals surface area contributed by atoms with Crippen LogP contribution in [0.5, 0.6) is 0 Å². The number of aliphatic hydroxyl groups is 2. The lowest BCUT2D eigenvalue weighted by atomic mass is 9.97. The molecule has 5 rings (SSSR count). The summed E-state index contributed by atoms with van der Waals surface area (Å²) in [6, 6.07) is 20.4. The van der Waals surface area contributed by atoms with Gasteiger partial charge in [-0.25, -0.2) is 12.4 Å². The molecule has 2 heterocycles. The number of hydrogen-bond acceptors (Lipinski definition) is 7. The van der Waals surface area contributed by atoms with Gasteiger partial charge in [0.25, 0.3) is 10.0 Å². The largest absolute Gasteiger partial charge is 0.463 e. The first kappa shape index (κ1) is 22.5. The Balaban J connectivity index is 1.70. The maximum atomic E-state index is 13.7. The van der Waals surface area contributed by atoms with Crippen LogP contribution in [0.1, 0.15) is 18.6 Å². The van der Waals surface area contributed by atoms with Crippen molar-refractivity contribution in [3.05, 3.63) is 78.4 Å². The van der Waals surface area contributed by atoms with Crippen molar-refractivity contribution in [2.24, 2.45) is 0 Å². The fourth-order valence-corrected chi connectivity index (χ4v) is 6.09. The van der Waals surface area contributed by atoms with Crippen molar-refractivity contribution >= 4 is 37.8 Å². The lowest BCUT2D eigenvalue weighted by molar-refractivity contribution is -0.146. The van der Waals surface area contributed by atoms with Crippen LogP contribution < -0.4 is 0 Å². The highest BCUT2D eigenvalue weighted by molar-refractivity contribution is 7.90. The number of ether oxygens (including phenoxy) is 2. The van der Waals surface area contributed by atoms with E-state index in [4.69, 9.17) is 9.47 Å². The molecular formula is C25H23NO7S. The van der Waals surface area contributed by atoms with Gasteiger partial charge < -0.3 is 19.7 Å². The molecule has 0 bridgehead atoms. The summed E-state index contributed by atoms with van der Waals surface area (Å²) in [5.41, 5.74) is 1.45. The van der Waals surface area contributed by atoms with Crippen LogP contribution in [0.15, 0.2) is 77.7 Å². The molecule has 2 N–H and O–H groups in total. The van der Waals surface area contributed by atoms with Gasteiger partial charge >= 0.3 is 5.97 Å². The Morgan fingerprint density at radius 2 is 1.62 bits per heavy atom. The van der Waals surface area contributed by atoms with E-state index in [0.717, 1.165) is 0 Å². The fourth-order valence-electron chi connectivity index (χ4n) is 4.55. The molecule has 1 aliphatic rings. The number of hydrogen-bond donors (Lipinski definition) is 2. The molecule has 1 aliphatic heterocycles. The molecule has 0 radical (unpaired) electrons. The molecular weight excluding hydrogens is 458 g/mol. The van der Waals surface area contributed by atoms with Crippen molar-refractivity contribution in [2.75, 3.05) is 6.61 Å². The molecule has 176 valence electrons. The van der Waals surface area contributed by atoms with Crippen molar-refractivity contribution < 1.29 is 32.9 Å². The normalized spacial score (nSPS) is 22.9. The molecule has 0 unspecified atom stereocenters. The molecule has 1 aromatic heterocycles. The molecule has 4 atom stereocenters. The van der Waals surface area contributed by atoms with Crippen molar-refractivity contribution in [3.8, 4) is 0 Å². The highest BCUT2D eigenvalue weighted by Crippen LogP contribution is 2.41. The summed E-state index contributed by atoms with van der Waals surface area (Å²) >= 11 is 0. The average Bonchev–Trinajstić information content (AvgIpc) is 3.33. The van der Waals surface area contributed by atoms with Gasteiger partial charge in [-0.2, -0.15) is 0 Å². The molecule has 0 spiro atoms. The van der Waals surface area contributed by atoms with Crippen LogP contribution >= 0.6 is 0 Å². The van der Waals surface area contributed by atoms with E-state index < -0.39 is 40.4 Å². The summed E-state index contributed by atoms with van der Waals surface area (Å²) in [4.78, 5) is 11.3. The molecule has 4 aromatic rings. The van der Waals surface area contributed by atoms with E-state index >= 15 is 0 Å². The van der Waals surface area contributed by atoms with Gasteiger partial charge in [0.15, 0.2) is 0 Å². The van der Waals surface area contributed by atoms with Crippen molar-refractivity contribution in [1.82, 2.24) is 3.97 Å². The van der Waals surface area contributed by atoms with E-state index in [1.54, 1.807) is 60.7 Å². The van der Waals surface area contributed by atoms with Crippen LogP contribution in [0.25, 0.3) is 21.8 Å². The van der Waals surface area contributed by atoms with Gasteiger partial charge in [0, 0.05) is 17.7 Å². The van der Waals surface area contributed by atoms with Crippen LogP contribution in [-0.2, 0) is 24.3 Å². The standard InChI is InChI=1S/C25H23NO7S/c1-15(27)32-14-21-23(28)24(29)25(33-21)18-11-7-13-20-22(18)17-10-5-6-12-19(17)26(20)34(30,31)16-8-3-2-4-9-16/h2-13,21,23-25,28-29H,14H2,1H3/t21-,23-,24-,25-/m0/s1. The number of para-hydroxylation sites is 1. The molecule has 3 aromatic carbocycles. The van der Waals surface area contributed by atoms with Crippen LogP contribution in [0.4, 0.5) is 0 Å². The minimum atomic E-state index is -3.94. The number of rotatable bonds is 5. The third kappa shape index (κ3) is 3.57. The smallest absolute Gasteiger partial charge is 0.302 e. The first-order valence-corrected chi connectivity index (χ1v) is 12.2. The lowest BCUT2D eigenvalue weighted by Gasteiger charge is -2.17. The summed E-state index contributed by atoms with van der Waals surface area (Å²) in [6.45, 7) is 1.04. The molecule has 0 saturated carbocycles. The number of aromatic nitrogens is 1. The second-order valence-electron chi connectivity index (χ2n) is 8.22. The predicted molar refractivity (Wildman–Crippen MR) is 125 cm³/mol. The van der Waals surface area contributed by atoms with E-state index in [9.17, 15) is 23.4 Å². The maximum Gasteiger partial charge on any atom is 0.302 e. The van der Waals surface area contributed by atoms with Crippen molar-refractivity contribution in [1.29, 1.82) is 0 Å². The number of fused-ring (bicyclic) bond motifs is 3. The van der Waals surface area contributed by atoms with Gasteiger partial charge in [-0.1, -0.05) is 48.5 Å². The molecule has 0 aliphatic carbocycles. The maximum absolute atomic E-state index is 13.7. The molecule has 9 heteroatoms. The minimum absolute atomic E-state index is 0.150. The van der Waals surface area contributed by atoms with Crippen LogP contribution in [0, 0.1) is 0 Å². The van der Waals surface area contributed by atoms with E-state index in [0.29, 0.717) is 27.4 Å². The summed E-state index contributed by atoms with van der Waals surface area (Å²) in [6.07, 6.45) is -4.43. The highest BCUT2D eigenvalue weighted by Gasteiger charge is 2.44. The first-order valence-electron chi connectivity index (χ1n) is 10.8. The van der Waals surface area contributed by atoms with Gasteiger partial charge in [-0.15, -0.1) is 0 Å². The minimum Gasteiger partial charge on any atom is -0.463 e. The van der Waals surface area contributed by atoms with Crippen LogP contribution in [-0.4, -0.2) is 53.5 Å². The lowest BCUT2D eigenvalue weighted by Crippen LogP contribution is -2.33. The third-order valence-corrected chi connectivity index (χ3v) is 7.83. The van der Waals surface area contributed by atoms with Gasteiger partial charge in [-0.05, 0) is 29.8 Å². The second kappa shape index (κ2) is 8.52. The third-order valence-electron chi connectivity index (χ3n) is 6.09. The fraction of sp³-hybridized carbons (Fsp3) is 0.240. The quantitative estimate of drug-likeness (QED) is 0.421. The topological polar surface area (TPSA) is 115 Å². The summed E-state index contributed by atoms with van der Waals surface area (Å²) in [5, 5.41) is 22.6. The summed E-state index contributed by atoms with van der Waals surface area (Å²) in [5.74, 6) is -0.523. The number of carbonyl (C=O) groups is 1. The van der Waals surface area contributed by atoms with E-state index in [1.165, 1.54) is 10.9 Å². The zero-order valence-electron chi connectivity index (χ0n) is 18.2. The van der Waals surface area contributed by atoms with Crippen molar-refractivity contribution in [2.45, 2.75) is 36.2 Å². The average molecular weight is 482 g/mol. The summed E-state index contributed by atoms with van der Waals surface area (Å²) in [7, 11) is -3.94. The Kier molecular flexibility index (Phi) is 5.65. The SMILES string of the molecule is CC(=O)OC[C@@H]1O[C@@H](c2cccc3c2c2ccccc2n3S(=O)(=O)c2ccccc2)[C@@H](O)[C@H]1O. The molecule has 1 fully saturated rings. The molecule has 1 saturated heterocycles. The second-order valence-corrected chi connectivity index (χ2v) is 10.0. The van der Waals surface area contributed by atoms with Crippen molar-refractivity contribution in [3.63, 3.8) is 0 Å². The zero-order chi connectivity index (χ0) is 24.0. The zero-order valence-corrected chi connectivity index (χ0v) is 19.1. The van der Waals surface area contributed by atoms with Crippen LogP contribution in [0.2, 0.25) is 0 Å². The Hall–Kier alpha value is -3.24. The van der Waals surface area contributed by atoms with Crippen LogP contribution in [0.3, 0.4) is 0 Å². The van der Waals surface area contributed by atoms with Gasteiger partial charge in [-0.3, -0.25) is 4.79 Å². The number of esters is 1. The Morgan fingerprint density at radius 1 is 0.941 bits per heavy atom. The number of nitrogens with zero attached hydrogens (tertiary/aromatic N) is 1. The Morgan fingerprint density at radius 3 is 2.35 bits per heavy atom. The van der Waals surface area contributed by atoms with Gasteiger partial charge in [0.05, 0.1) is 15.9 Å². The first-order chi connectivity index (χ1) is 16.3. The van der Waals surface area contributed by atoms with E-state index in [-0.39, 0.29) is 11.5 Å². The van der Waals surface area contributed by atoms with Gasteiger partial charge in [0.2, 0.25) is 0 Å². The number of aliphatic hydroxyl groups excluding tert-OH is 2. The molecule has 34 heavy (non-hydrogen) atoms. The molecule has 8 nitrogen and oxygen atoms in total. The Labute approximate surface area is 196 Å².